The fourth-order valence-electron chi connectivity index (χ4n) is 1.69. The van der Waals surface area contributed by atoms with E-state index < -0.39 is 0 Å². The molecule has 0 spiro atoms. The fraction of sp³-hybridized carbons (Fsp3) is 0. The normalized spacial score (nSPS) is 10.8. The van der Waals surface area contributed by atoms with E-state index in [4.69, 9.17) is 5.73 Å². The summed E-state index contributed by atoms with van der Waals surface area (Å²) in [5.41, 5.74) is 6.38. The standard InChI is InChI=1S/C12H9N3OSe/c13-9-5-3-7-14-11(9)15-12(16)8-4-1-2-6-10(8)17-15/h1-7H,13H2. The molecule has 0 aliphatic heterocycles. The molecule has 2 heterocycles. The molecule has 0 aliphatic carbocycles. The zero-order chi connectivity index (χ0) is 11.8. The van der Waals surface area contributed by atoms with Gasteiger partial charge in [0.05, 0.1) is 0 Å². The van der Waals surface area contributed by atoms with Gasteiger partial charge in [-0.05, 0) is 0 Å². The zero-order valence-corrected chi connectivity index (χ0v) is 10.5. The molecule has 2 aromatic heterocycles. The number of nitrogen functional groups attached to an aromatic ring is 1. The molecule has 17 heavy (non-hydrogen) atoms. The van der Waals surface area contributed by atoms with E-state index in [-0.39, 0.29) is 20.3 Å². The van der Waals surface area contributed by atoms with Gasteiger partial charge in [-0.3, -0.25) is 0 Å². The van der Waals surface area contributed by atoms with E-state index in [2.05, 4.69) is 4.98 Å². The molecule has 0 amide bonds. The van der Waals surface area contributed by atoms with Crippen LogP contribution in [-0.4, -0.2) is 23.3 Å². The van der Waals surface area contributed by atoms with Gasteiger partial charge in [-0.25, -0.2) is 0 Å². The van der Waals surface area contributed by atoms with Crippen molar-refractivity contribution in [1.82, 2.24) is 8.55 Å². The number of nitrogens with zero attached hydrogens (tertiary/aromatic N) is 2. The maximum absolute atomic E-state index is 12.2. The number of benzene rings is 1. The van der Waals surface area contributed by atoms with Crippen molar-refractivity contribution in [3.05, 3.63) is 52.9 Å². The number of aromatic nitrogens is 2. The average Bonchev–Trinajstić information content (AvgIpc) is 2.68. The first kappa shape index (κ1) is 10.3. The SMILES string of the molecule is Nc1cccnc1-n1[se]c2ccccc2c1=O. The Morgan fingerprint density at radius 2 is 2.00 bits per heavy atom. The fourth-order valence-corrected chi connectivity index (χ4v) is 3.81. The molecular weight excluding hydrogens is 281 g/mol. The Kier molecular flexibility index (Phi) is 2.35. The summed E-state index contributed by atoms with van der Waals surface area (Å²) in [6.07, 6.45) is 1.65. The van der Waals surface area contributed by atoms with Gasteiger partial charge in [0, 0.05) is 0 Å². The second-order valence-corrected chi connectivity index (χ2v) is 5.68. The van der Waals surface area contributed by atoms with E-state index in [1.165, 1.54) is 0 Å². The first-order chi connectivity index (χ1) is 8.27. The molecule has 0 aliphatic rings. The molecule has 5 heteroatoms. The molecule has 0 fully saturated rings. The van der Waals surface area contributed by atoms with Crippen LogP contribution < -0.4 is 11.3 Å². The number of nitrogens with two attached hydrogens (primary N) is 1. The van der Waals surface area contributed by atoms with Gasteiger partial charge in [-0.2, -0.15) is 0 Å². The molecule has 4 nitrogen and oxygen atoms in total. The van der Waals surface area contributed by atoms with Crippen LogP contribution in [0.1, 0.15) is 0 Å². The van der Waals surface area contributed by atoms with Gasteiger partial charge in [-0.1, -0.05) is 0 Å². The van der Waals surface area contributed by atoms with E-state index in [9.17, 15) is 4.79 Å². The molecule has 0 saturated carbocycles. The molecule has 0 saturated heterocycles. The summed E-state index contributed by atoms with van der Waals surface area (Å²) >= 11 is -0.0733. The summed E-state index contributed by atoms with van der Waals surface area (Å²) in [5.74, 6) is 0.564. The van der Waals surface area contributed by atoms with Crippen molar-refractivity contribution in [3.8, 4) is 5.82 Å². The first-order valence-corrected chi connectivity index (χ1v) is 6.71. The van der Waals surface area contributed by atoms with E-state index in [1.807, 2.05) is 24.3 Å². The maximum atomic E-state index is 12.2. The number of hydrogen-bond donors (Lipinski definition) is 1. The van der Waals surface area contributed by atoms with Crippen LogP contribution in [0.5, 0.6) is 0 Å². The van der Waals surface area contributed by atoms with Gasteiger partial charge in [-0.15, -0.1) is 0 Å². The van der Waals surface area contributed by atoms with Crippen LogP contribution in [0.15, 0.2) is 47.4 Å². The average molecular weight is 290 g/mol. The molecular formula is C12H9N3OSe. The second kappa shape index (κ2) is 3.87. The van der Waals surface area contributed by atoms with E-state index in [0.29, 0.717) is 11.5 Å². The molecule has 3 rings (SSSR count). The predicted octanol–water partition coefficient (Wildman–Crippen LogP) is 1.02. The van der Waals surface area contributed by atoms with Crippen LogP contribution >= 0.6 is 0 Å². The Labute approximate surface area is 103 Å². The van der Waals surface area contributed by atoms with Crippen molar-refractivity contribution < 1.29 is 0 Å². The van der Waals surface area contributed by atoms with E-state index in [0.717, 1.165) is 9.65 Å². The van der Waals surface area contributed by atoms with Crippen molar-refractivity contribution in [2.75, 3.05) is 5.73 Å². The molecule has 1 aromatic carbocycles. The van der Waals surface area contributed by atoms with Gasteiger partial charge in [0.15, 0.2) is 0 Å². The Hall–Kier alpha value is -1.84. The number of anilines is 1. The third kappa shape index (κ3) is 1.60. The Morgan fingerprint density at radius 1 is 1.18 bits per heavy atom. The number of rotatable bonds is 1. The summed E-state index contributed by atoms with van der Waals surface area (Å²) in [7, 11) is 0. The van der Waals surface area contributed by atoms with Crippen LogP contribution in [0.4, 0.5) is 5.69 Å². The van der Waals surface area contributed by atoms with Crippen LogP contribution in [0.25, 0.3) is 15.5 Å². The Balaban J connectivity index is 2.36. The second-order valence-electron chi connectivity index (χ2n) is 3.60. The predicted molar refractivity (Wildman–Crippen MR) is 68.7 cm³/mol. The third-order valence-corrected chi connectivity index (χ3v) is 4.75. The van der Waals surface area contributed by atoms with Crippen molar-refractivity contribution in [2.45, 2.75) is 0 Å². The Morgan fingerprint density at radius 3 is 2.76 bits per heavy atom. The third-order valence-electron chi connectivity index (χ3n) is 2.50. The summed E-state index contributed by atoms with van der Waals surface area (Å²) in [6, 6.07) is 11.2. The van der Waals surface area contributed by atoms with Crippen molar-refractivity contribution in [1.29, 1.82) is 0 Å². The monoisotopic (exact) mass is 291 g/mol. The van der Waals surface area contributed by atoms with Crippen molar-refractivity contribution >= 4 is 30.1 Å². The van der Waals surface area contributed by atoms with Crippen LogP contribution in [0.3, 0.4) is 0 Å². The molecule has 84 valence electrons. The Bertz CT molecular complexity index is 745. The minimum atomic E-state index is -0.0733. The summed E-state index contributed by atoms with van der Waals surface area (Å²) in [5, 5.41) is 0.762. The molecule has 3 aromatic rings. The molecule has 0 radical (unpaired) electrons. The summed E-state index contributed by atoms with van der Waals surface area (Å²) < 4.78 is 2.75. The quantitative estimate of drug-likeness (QED) is 0.681. The van der Waals surface area contributed by atoms with Crippen LogP contribution in [0.2, 0.25) is 0 Å². The van der Waals surface area contributed by atoms with Crippen molar-refractivity contribution in [3.63, 3.8) is 0 Å². The zero-order valence-electron chi connectivity index (χ0n) is 8.83. The van der Waals surface area contributed by atoms with Crippen molar-refractivity contribution in [2.24, 2.45) is 0 Å². The van der Waals surface area contributed by atoms with E-state index in [1.54, 1.807) is 21.9 Å². The number of hydrogen-bond acceptors (Lipinski definition) is 3. The molecule has 0 atom stereocenters. The van der Waals surface area contributed by atoms with Gasteiger partial charge >= 0.3 is 103 Å². The number of pyridine rings is 1. The minimum absolute atomic E-state index is 0.00833. The van der Waals surface area contributed by atoms with Gasteiger partial charge in [0.2, 0.25) is 0 Å². The molecule has 2 N–H and O–H groups in total. The molecule has 0 unspecified atom stereocenters. The van der Waals surface area contributed by atoms with E-state index >= 15 is 0 Å². The first-order valence-electron chi connectivity index (χ1n) is 5.09. The van der Waals surface area contributed by atoms with Gasteiger partial charge < -0.3 is 0 Å². The summed E-state index contributed by atoms with van der Waals surface area (Å²) in [6.45, 7) is 0. The molecule has 0 bridgehead atoms. The van der Waals surface area contributed by atoms with Crippen LogP contribution in [0, 0.1) is 0 Å². The van der Waals surface area contributed by atoms with Gasteiger partial charge in [0.1, 0.15) is 0 Å². The van der Waals surface area contributed by atoms with Gasteiger partial charge in [0.25, 0.3) is 0 Å². The number of fused-ring (bicyclic) bond motifs is 1. The topological polar surface area (TPSA) is 60.9 Å². The van der Waals surface area contributed by atoms with Crippen LogP contribution in [-0.2, 0) is 0 Å². The summed E-state index contributed by atoms with van der Waals surface area (Å²) in [4.78, 5) is 16.4.